The van der Waals surface area contributed by atoms with E-state index in [4.69, 9.17) is 9.16 Å². The number of nitrogens with one attached hydrogen (secondary N) is 2. The predicted molar refractivity (Wildman–Crippen MR) is 119 cm³/mol. The summed E-state index contributed by atoms with van der Waals surface area (Å²) >= 11 is 0. The van der Waals surface area contributed by atoms with Gasteiger partial charge in [0.05, 0.1) is 19.0 Å². The van der Waals surface area contributed by atoms with Crippen molar-refractivity contribution in [3.05, 3.63) is 16.7 Å². The number of anilines is 1. The third-order valence-electron chi connectivity index (χ3n) is 6.04. The number of hydrogen-bond donors (Lipinski definition) is 3. The average Bonchev–Trinajstić information content (AvgIpc) is 3.21. The largest absolute Gasteiger partial charge is 0.414 e. The first-order valence-electron chi connectivity index (χ1n) is 10.6. The number of aromatic nitrogens is 4. The number of aromatic amines is 1. The van der Waals surface area contributed by atoms with Crippen LogP contribution < -0.4 is 10.9 Å². The molecule has 3 atom stereocenters. The van der Waals surface area contributed by atoms with Crippen LogP contribution in [0.1, 0.15) is 47.3 Å². The number of aliphatic hydroxyl groups excluding tert-OH is 1. The SMILES string of the molecule is CC(C)CNc1nc2c(ncn2[C@H]2C[C@H](O)[C@@H](CO[Si](C)(C)C(C)(C)C)O2)c(=O)[nH]1. The quantitative estimate of drug-likeness (QED) is 0.571. The zero-order valence-corrected chi connectivity index (χ0v) is 20.0. The minimum absolute atomic E-state index is 0.0842. The third kappa shape index (κ3) is 4.77. The van der Waals surface area contributed by atoms with Gasteiger partial charge < -0.3 is 19.6 Å². The van der Waals surface area contributed by atoms with Gasteiger partial charge in [0, 0.05) is 13.0 Å². The maximum absolute atomic E-state index is 12.4. The monoisotopic (exact) mass is 437 g/mol. The molecule has 3 N–H and O–H groups in total. The lowest BCUT2D eigenvalue weighted by Gasteiger charge is -2.37. The van der Waals surface area contributed by atoms with Crippen LogP contribution in [0.25, 0.3) is 11.2 Å². The third-order valence-corrected chi connectivity index (χ3v) is 10.5. The number of rotatable bonds is 7. The first-order chi connectivity index (χ1) is 13.9. The fraction of sp³-hybridized carbons (Fsp3) is 0.750. The average molecular weight is 438 g/mol. The molecule has 0 aliphatic carbocycles. The molecule has 0 spiro atoms. The number of H-pyrrole nitrogens is 1. The summed E-state index contributed by atoms with van der Waals surface area (Å²) in [5, 5.41) is 13.8. The number of imidazole rings is 1. The van der Waals surface area contributed by atoms with Crippen LogP contribution in [0.15, 0.2) is 11.1 Å². The maximum atomic E-state index is 12.4. The Balaban J connectivity index is 1.77. The molecule has 1 aliphatic heterocycles. The topological polar surface area (TPSA) is 114 Å². The van der Waals surface area contributed by atoms with E-state index in [9.17, 15) is 9.90 Å². The minimum atomic E-state index is -1.94. The second kappa shape index (κ2) is 8.41. The zero-order chi connectivity index (χ0) is 22.3. The molecule has 1 fully saturated rings. The minimum Gasteiger partial charge on any atom is -0.414 e. The predicted octanol–water partition coefficient (Wildman–Crippen LogP) is 2.86. The van der Waals surface area contributed by atoms with Crippen molar-refractivity contribution >= 4 is 25.4 Å². The standard InChI is InChI=1S/C20H35N5O4Si/c1-12(2)9-21-19-23-17-16(18(27)24-19)22-11-25(17)15-8-13(26)14(29-15)10-28-30(6,7)20(3,4)5/h11-15,26H,8-10H2,1-7H3,(H2,21,23,24,27)/t13-,14+,15+/m0/s1. The Bertz CT molecular complexity index is 933. The summed E-state index contributed by atoms with van der Waals surface area (Å²) in [6, 6.07) is 0. The molecule has 0 radical (unpaired) electrons. The number of ether oxygens (including phenoxy) is 1. The van der Waals surface area contributed by atoms with Crippen molar-refractivity contribution in [3.63, 3.8) is 0 Å². The van der Waals surface area contributed by atoms with Crippen molar-refractivity contribution in [1.29, 1.82) is 0 Å². The Hall–Kier alpha value is -1.75. The maximum Gasteiger partial charge on any atom is 0.280 e. The van der Waals surface area contributed by atoms with Gasteiger partial charge in [0.2, 0.25) is 5.95 Å². The highest BCUT2D eigenvalue weighted by Gasteiger charge is 2.41. The summed E-state index contributed by atoms with van der Waals surface area (Å²) in [6.07, 6.45) is 0.401. The molecule has 1 aliphatic rings. The van der Waals surface area contributed by atoms with E-state index in [1.807, 2.05) is 0 Å². The molecule has 0 amide bonds. The molecular formula is C20H35N5O4Si. The van der Waals surface area contributed by atoms with Gasteiger partial charge in [0.1, 0.15) is 12.3 Å². The van der Waals surface area contributed by atoms with Crippen LogP contribution in [0, 0.1) is 5.92 Å². The number of fused-ring (bicyclic) bond motifs is 1. The lowest BCUT2D eigenvalue weighted by Crippen LogP contribution is -2.43. The zero-order valence-electron chi connectivity index (χ0n) is 19.0. The Kier molecular flexibility index (Phi) is 6.42. The number of aliphatic hydroxyl groups is 1. The number of hydrogen-bond acceptors (Lipinski definition) is 7. The van der Waals surface area contributed by atoms with Gasteiger partial charge in [-0.25, -0.2) is 4.98 Å². The van der Waals surface area contributed by atoms with E-state index in [0.29, 0.717) is 37.1 Å². The van der Waals surface area contributed by atoms with Gasteiger partial charge in [0.25, 0.3) is 5.56 Å². The van der Waals surface area contributed by atoms with Crippen molar-refractivity contribution in [3.8, 4) is 0 Å². The van der Waals surface area contributed by atoms with Crippen LogP contribution in [0.2, 0.25) is 18.1 Å². The Morgan fingerprint density at radius 1 is 1.43 bits per heavy atom. The Morgan fingerprint density at radius 2 is 2.13 bits per heavy atom. The van der Waals surface area contributed by atoms with E-state index < -0.39 is 26.8 Å². The molecule has 0 saturated carbocycles. The lowest BCUT2D eigenvalue weighted by molar-refractivity contribution is -0.0405. The van der Waals surface area contributed by atoms with Crippen molar-refractivity contribution < 1.29 is 14.3 Å². The van der Waals surface area contributed by atoms with Gasteiger partial charge in [-0.3, -0.25) is 14.3 Å². The van der Waals surface area contributed by atoms with Crippen LogP contribution in [-0.4, -0.2) is 58.3 Å². The second-order valence-corrected chi connectivity index (χ2v) is 14.8. The van der Waals surface area contributed by atoms with Crippen LogP contribution in [0.5, 0.6) is 0 Å². The molecular weight excluding hydrogens is 402 g/mol. The summed E-state index contributed by atoms with van der Waals surface area (Å²) in [6.45, 7) is 16.1. The molecule has 3 rings (SSSR count). The van der Waals surface area contributed by atoms with E-state index >= 15 is 0 Å². The molecule has 0 bridgehead atoms. The first kappa shape index (κ1) is 22.9. The van der Waals surface area contributed by atoms with E-state index in [-0.39, 0.29) is 16.1 Å². The highest BCUT2D eigenvalue weighted by Crippen LogP contribution is 2.38. The van der Waals surface area contributed by atoms with Crippen molar-refractivity contribution in [2.24, 2.45) is 5.92 Å². The second-order valence-electron chi connectivity index (χ2n) is 10.0. The fourth-order valence-electron chi connectivity index (χ4n) is 3.06. The molecule has 0 unspecified atom stereocenters. The smallest absolute Gasteiger partial charge is 0.280 e. The van der Waals surface area contributed by atoms with E-state index in [1.54, 1.807) is 10.9 Å². The van der Waals surface area contributed by atoms with Crippen LogP contribution in [-0.2, 0) is 9.16 Å². The summed E-state index contributed by atoms with van der Waals surface area (Å²) < 4.78 is 14.1. The molecule has 2 aromatic heterocycles. The van der Waals surface area contributed by atoms with Crippen molar-refractivity contribution in [2.45, 2.75) is 77.6 Å². The van der Waals surface area contributed by atoms with Gasteiger partial charge in [-0.1, -0.05) is 34.6 Å². The van der Waals surface area contributed by atoms with Crippen LogP contribution in [0.4, 0.5) is 5.95 Å². The molecule has 168 valence electrons. The Labute approximate surface area is 178 Å². The normalized spacial score (nSPS) is 22.9. The van der Waals surface area contributed by atoms with Crippen molar-refractivity contribution in [2.75, 3.05) is 18.5 Å². The molecule has 30 heavy (non-hydrogen) atoms. The lowest BCUT2D eigenvalue weighted by atomic mass is 10.2. The van der Waals surface area contributed by atoms with Gasteiger partial charge in [-0.15, -0.1) is 0 Å². The first-order valence-corrected chi connectivity index (χ1v) is 13.5. The van der Waals surface area contributed by atoms with Gasteiger partial charge in [-0.05, 0) is 24.1 Å². The summed E-state index contributed by atoms with van der Waals surface area (Å²) in [5.74, 6) is 0.810. The van der Waals surface area contributed by atoms with E-state index in [2.05, 4.69) is 68.0 Å². The molecule has 0 aromatic carbocycles. The van der Waals surface area contributed by atoms with E-state index in [1.165, 1.54) is 0 Å². The fourth-order valence-corrected chi connectivity index (χ4v) is 4.08. The van der Waals surface area contributed by atoms with E-state index in [0.717, 1.165) is 0 Å². The number of nitrogens with zero attached hydrogens (tertiary/aromatic N) is 3. The Morgan fingerprint density at radius 3 is 2.77 bits per heavy atom. The highest BCUT2D eigenvalue weighted by atomic mass is 28.4. The van der Waals surface area contributed by atoms with Gasteiger partial charge in [0.15, 0.2) is 19.5 Å². The van der Waals surface area contributed by atoms with Gasteiger partial charge in [-0.2, -0.15) is 4.98 Å². The highest BCUT2D eigenvalue weighted by molar-refractivity contribution is 6.74. The molecule has 10 heteroatoms. The van der Waals surface area contributed by atoms with Crippen LogP contribution in [0.3, 0.4) is 0 Å². The van der Waals surface area contributed by atoms with Crippen molar-refractivity contribution in [1.82, 2.24) is 19.5 Å². The molecule has 1 saturated heterocycles. The van der Waals surface area contributed by atoms with Crippen LogP contribution >= 0.6 is 0 Å². The summed E-state index contributed by atoms with van der Waals surface area (Å²) in [5.41, 5.74) is 0.388. The molecule has 9 nitrogen and oxygen atoms in total. The van der Waals surface area contributed by atoms with Gasteiger partial charge >= 0.3 is 0 Å². The molecule has 3 heterocycles. The summed E-state index contributed by atoms with van der Waals surface area (Å²) in [7, 11) is -1.94. The summed E-state index contributed by atoms with van der Waals surface area (Å²) in [4.78, 5) is 23.8. The molecule has 2 aromatic rings.